The van der Waals surface area contributed by atoms with Gasteiger partial charge in [0.2, 0.25) is 4.96 Å². The number of amides is 1. The van der Waals surface area contributed by atoms with Gasteiger partial charge >= 0.3 is 0 Å². The zero-order valence-electron chi connectivity index (χ0n) is 16.3. The van der Waals surface area contributed by atoms with Crippen LogP contribution in [-0.2, 0) is 5.75 Å². The minimum Gasteiger partial charge on any atom is -0.496 e. The summed E-state index contributed by atoms with van der Waals surface area (Å²) in [6.07, 6.45) is 0. The molecule has 0 fully saturated rings. The molecule has 9 heteroatoms. The van der Waals surface area contributed by atoms with Crippen LogP contribution in [0.4, 0.5) is 5.69 Å². The highest BCUT2D eigenvalue weighted by atomic mass is 32.2. The monoisotopic (exact) mass is 438 g/mol. The summed E-state index contributed by atoms with van der Waals surface area (Å²) in [4.78, 5) is 31.0. The van der Waals surface area contributed by atoms with E-state index in [0.29, 0.717) is 33.4 Å². The van der Waals surface area contributed by atoms with Gasteiger partial charge in [-0.3, -0.25) is 9.59 Å². The molecule has 0 aliphatic rings. The Balaban J connectivity index is 1.54. The molecule has 0 atom stereocenters. The molecule has 1 amide bonds. The van der Waals surface area contributed by atoms with Crippen LogP contribution in [0.3, 0.4) is 0 Å². The van der Waals surface area contributed by atoms with Crippen molar-refractivity contribution < 1.29 is 9.53 Å². The first kappa shape index (κ1) is 20.1. The van der Waals surface area contributed by atoms with Gasteiger partial charge in [-0.05, 0) is 31.2 Å². The number of hydrogen-bond acceptors (Lipinski definition) is 7. The molecular weight excluding hydrogens is 420 g/mol. The molecule has 0 saturated carbocycles. The van der Waals surface area contributed by atoms with Crippen molar-refractivity contribution in [3.05, 3.63) is 81.2 Å². The fraction of sp³-hybridized carbons (Fsp3) is 0.143. The van der Waals surface area contributed by atoms with Crippen LogP contribution in [0.15, 0.2) is 64.3 Å². The van der Waals surface area contributed by atoms with E-state index in [2.05, 4.69) is 15.4 Å². The molecule has 0 saturated heterocycles. The molecule has 2 aromatic carbocycles. The molecule has 7 nitrogen and oxygen atoms in total. The molecule has 0 aliphatic carbocycles. The van der Waals surface area contributed by atoms with Crippen molar-refractivity contribution in [3.63, 3.8) is 0 Å². The summed E-state index contributed by atoms with van der Waals surface area (Å²) in [6.45, 7) is 1.84. The highest BCUT2D eigenvalue weighted by Crippen LogP contribution is 2.30. The molecule has 4 aromatic rings. The summed E-state index contributed by atoms with van der Waals surface area (Å²) in [5.41, 5.74) is 1.61. The van der Waals surface area contributed by atoms with Crippen molar-refractivity contribution in [3.8, 4) is 5.75 Å². The highest BCUT2D eigenvalue weighted by Gasteiger charge is 2.14. The number of carbonyl (C=O) groups is 1. The number of benzene rings is 2. The number of thioether (sulfide) groups is 1. The Morgan fingerprint density at radius 2 is 1.97 bits per heavy atom. The van der Waals surface area contributed by atoms with Gasteiger partial charge in [0, 0.05) is 16.7 Å². The van der Waals surface area contributed by atoms with E-state index >= 15 is 0 Å². The number of carbonyl (C=O) groups excluding carboxylic acids is 1. The molecule has 0 bridgehead atoms. The first-order chi connectivity index (χ1) is 14.5. The molecule has 2 heterocycles. The van der Waals surface area contributed by atoms with Gasteiger partial charge in [0.1, 0.15) is 10.8 Å². The summed E-state index contributed by atoms with van der Waals surface area (Å²) >= 11 is 2.88. The van der Waals surface area contributed by atoms with Crippen LogP contribution in [0, 0.1) is 6.92 Å². The average Bonchev–Trinajstić information content (AvgIpc) is 3.14. The van der Waals surface area contributed by atoms with Crippen molar-refractivity contribution in [1.29, 1.82) is 0 Å². The maximum atomic E-state index is 12.8. The molecule has 152 valence electrons. The molecule has 0 aliphatic heterocycles. The number of para-hydroxylation sites is 2. The predicted molar refractivity (Wildman–Crippen MR) is 119 cm³/mol. The van der Waals surface area contributed by atoms with Crippen molar-refractivity contribution >= 4 is 39.7 Å². The Morgan fingerprint density at radius 3 is 2.80 bits per heavy atom. The Morgan fingerprint density at radius 1 is 1.20 bits per heavy atom. The molecule has 1 N–H and O–H groups in total. The lowest BCUT2D eigenvalue weighted by Gasteiger charge is -2.12. The molecule has 4 rings (SSSR count). The van der Waals surface area contributed by atoms with Gasteiger partial charge < -0.3 is 10.1 Å². The Labute approximate surface area is 180 Å². The zero-order valence-corrected chi connectivity index (χ0v) is 17.9. The smallest absolute Gasteiger partial charge is 0.275 e. The third-order valence-corrected chi connectivity index (χ3v) is 6.19. The van der Waals surface area contributed by atoms with E-state index in [4.69, 9.17) is 4.74 Å². The number of rotatable bonds is 6. The standard InChI is InChI=1S/C21H18N4O3S2/c1-13-24-25-19(26)11-14(22-21(25)30-13)12-29-18-10-6-4-8-16(18)23-20(27)15-7-3-5-9-17(15)28-2/h3-11H,12H2,1-2H3,(H,23,27). The Hall–Kier alpha value is -3.17. The lowest BCUT2D eigenvalue weighted by atomic mass is 10.2. The van der Waals surface area contributed by atoms with Crippen molar-refractivity contribution in [2.24, 2.45) is 0 Å². The zero-order chi connectivity index (χ0) is 21.1. The molecule has 0 unspecified atom stereocenters. The normalized spacial score (nSPS) is 10.9. The van der Waals surface area contributed by atoms with E-state index in [1.165, 1.54) is 40.8 Å². The van der Waals surface area contributed by atoms with Crippen LogP contribution in [0.25, 0.3) is 4.96 Å². The van der Waals surface area contributed by atoms with E-state index in [9.17, 15) is 9.59 Å². The van der Waals surface area contributed by atoms with Crippen molar-refractivity contribution in [1.82, 2.24) is 14.6 Å². The Kier molecular flexibility index (Phi) is 5.82. The lowest BCUT2D eigenvalue weighted by Crippen LogP contribution is -2.15. The van der Waals surface area contributed by atoms with Crippen molar-refractivity contribution in [2.75, 3.05) is 12.4 Å². The maximum absolute atomic E-state index is 12.8. The maximum Gasteiger partial charge on any atom is 0.275 e. The third-order valence-electron chi connectivity index (χ3n) is 4.26. The molecule has 2 aromatic heterocycles. The minimum absolute atomic E-state index is 0.197. The number of nitrogens with one attached hydrogen (secondary N) is 1. The van der Waals surface area contributed by atoms with Crippen LogP contribution in [-0.4, -0.2) is 27.6 Å². The minimum atomic E-state index is -0.251. The topological polar surface area (TPSA) is 85.6 Å². The first-order valence-electron chi connectivity index (χ1n) is 9.08. The molecular formula is C21H18N4O3S2. The quantitative estimate of drug-likeness (QED) is 0.458. The number of fused-ring (bicyclic) bond motifs is 1. The number of methoxy groups -OCH3 is 1. The van der Waals surface area contributed by atoms with Gasteiger partial charge in [-0.2, -0.15) is 9.61 Å². The van der Waals surface area contributed by atoms with E-state index in [0.717, 1.165) is 9.90 Å². The SMILES string of the molecule is COc1ccccc1C(=O)Nc1ccccc1SCc1cc(=O)n2nc(C)sc2n1. The van der Waals surface area contributed by atoms with Gasteiger partial charge in [0.25, 0.3) is 11.5 Å². The van der Waals surface area contributed by atoms with Crippen LogP contribution in [0.5, 0.6) is 5.75 Å². The van der Waals surface area contributed by atoms with Gasteiger partial charge in [0.15, 0.2) is 0 Å². The largest absolute Gasteiger partial charge is 0.496 e. The average molecular weight is 439 g/mol. The predicted octanol–water partition coefficient (Wildman–Crippen LogP) is 4.01. The highest BCUT2D eigenvalue weighted by molar-refractivity contribution is 7.98. The molecule has 0 spiro atoms. The first-order valence-corrected chi connectivity index (χ1v) is 10.9. The van der Waals surface area contributed by atoms with Gasteiger partial charge in [0.05, 0.1) is 24.1 Å². The van der Waals surface area contributed by atoms with Crippen LogP contribution < -0.4 is 15.6 Å². The van der Waals surface area contributed by atoms with Gasteiger partial charge in [-0.25, -0.2) is 4.98 Å². The molecule has 0 radical (unpaired) electrons. The van der Waals surface area contributed by atoms with E-state index in [-0.39, 0.29) is 11.5 Å². The summed E-state index contributed by atoms with van der Waals surface area (Å²) < 4.78 is 6.59. The molecule has 30 heavy (non-hydrogen) atoms. The summed E-state index contributed by atoms with van der Waals surface area (Å²) in [5, 5.41) is 7.89. The van der Waals surface area contributed by atoms with E-state index in [1.807, 2.05) is 37.3 Å². The number of aromatic nitrogens is 3. The van der Waals surface area contributed by atoms with Crippen LogP contribution in [0.1, 0.15) is 21.1 Å². The number of ether oxygens (including phenoxy) is 1. The number of hydrogen-bond donors (Lipinski definition) is 1. The van der Waals surface area contributed by atoms with Crippen LogP contribution >= 0.6 is 23.1 Å². The van der Waals surface area contributed by atoms with Crippen LogP contribution in [0.2, 0.25) is 0 Å². The van der Waals surface area contributed by atoms with E-state index < -0.39 is 0 Å². The van der Waals surface area contributed by atoms with Crippen molar-refractivity contribution in [2.45, 2.75) is 17.6 Å². The van der Waals surface area contributed by atoms with E-state index in [1.54, 1.807) is 18.2 Å². The summed E-state index contributed by atoms with van der Waals surface area (Å²) in [7, 11) is 1.53. The second-order valence-corrected chi connectivity index (χ2v) is 8.52. The third kappa shape index (κ3) is 4.22. The number of anilines is 1. The lowest BCUT2D eigenvalue weighted by molar-refractivity contribution is 0.102. The fourth-order valence-electron chi connectivity index (χ4n) is 2.90. The number of aryl methyl sites for hydroxylation is 1. The number of nitrogens with zero attached hydrogens (tertiary/aromatic N) is 3. The summed E-state index contributed by atoms with van der Waals surface area (Å²) in [6, 6.07) is 16.1. The van der Waals surface area contributed by atoms with Gasteiger partial charge in [-0.1, -0.05) is 35.6 Å². The van der Waals surface area contributed by atoms with Gasteiger partial charge in [-0.15, -0.1) is 11.8 Å². The fourth-order valence-corrected chi connectivity index (χ4v) is 4.56. The summed E-state index contributed by atoms with van der Waals surface area (Å²) in [5.74, 6) is 0.751. The Bertz CT molecular complexity index is 1280. The second-order valence-electron chi connectivity index (χ2n) is 6.34. The second kappa shape index (κ2) is 8.68.